The van der Waals surface area contributed by atoms with Crippen LogP contribution >= 0.6 is 35.3 Å². The second-order valence-electron chi connectivity index (χ2n) is 6.63. The van der Waals surface area contributed by atoms with Crippen LogP contribution in [0.4, 0.5) is 5.69 Å². The van der Waals surface area contributed by atoms with E-state index >= 15 is 0 Å². The summed E-state index contributed by atoms with van der Waals surface area (Å²) in [7, 11) is 3.21. The van der Waals surface area contributed by atoms with Gasteiger partial charge in [0.1, 0.15) is 0 Å². The Morgan fingerprint density at radius 1 is 1.34 bits per heavy atom. The number of ether oxygens (including phenoxy) is 3. The Kier molecular flexibility index (Phi) is 9.47. The molecule has 29 heavy (non-hydrogen) atoms. The third kappa shape index (κ3) is 6.46. The molecule has 2 unspecified atom stereocenters. The largest absolute Gasteiger partial charge is 0.493 e. The minimum Gasteiger partial charge on any atom is -0.493 e. The van der Waals surface area contributed by atoms with E-state index < -0.39 is 0 Å². The Bertz CT molecular complexity index is 788. The van der Waals surface area contributed by atoms with E-state index in [4.69, 9.17) is 19.9 Å². The van der Waals surface area contributed by atoms with E-state index in [2.05, 4.69) is 39.6 Å². The van der Waals surface area contributed by atoms with Gasteiger partial charge < -0.3 is 25.3 Å². The summed E-state index contributed by atoms with van der Waals surface area (Å²) < 4.78 is 16.3. The smallest absolute Gasteiger partial charge is 0.193 e. The minimum atomic E-state index is 0. The highest BCUT2D eigenvalue weighted by atomic mass is 127. The lowest BCUT2D eigenvalue weighted by atomic mass is 10.1. The monoisotopic (exact) mass is 532 g/mol. The predicted molar refractivity (Wildman–Crippen MR) is 129 cm³/mol. The van der Waals surface area contributed by atoms with E-state index in [1.54, 1.807) is 25.6 Å². The molecule has 3 N–H and O–H groups in total. The number of nitrogens with zero attached hydrogens (tertiary/aromatic N) is 2. The molecule has 3 rings (SSSR count). The molecule has 2 atom stereocenters. The van der Waals surface area contributed by atoms with Crippen molar-refractivity contribution >= 4 is 47.0 Å². The van der Waals surface area contributed by atoms with Gasteiger partial charge in [-0.15, -0.1) is 35.3 Å². The highest BCUT2D eigenvalue weighted by Crippen LogP contribution is 2.30. The molecule has 2 heterocycles. The second kappa shape index (κ2) is 11.6. The third-order valence-corrected chi connectivity index (χ3v) is 5.65. The van der Waals surface area contributed by atoms with Gasteiger partial charge in [-0.2, -0.15) is 0 Å². The van der Waals surface area contributed by atoms with E-state index in [0.717, 1.165) is 25.4 Å². The zero-order valence-electron chi connectivity index (χ0n) is 17.0. The van der Waals surface area contributed by atoms with Gasteiger partial charge in [-0.05, 0) is 30.5 Å². The third-order valence-electron chi connectivity index (χ3n) is 4.68. The standard InChI is InChI=1S/C20H28N4O3S.HI/c1-14-13-24(8-9-27-14)16(19-5-4-10-28-19)12-22-20(21)23-15-6-7-17(25-2)18(11-15)26-3;/h4-7,10-11,14,16H,8-9,12-13H2,1-3H3,(H3,21,22,23);1H. The van der Waals surface area contributed by atoms with Crippen molar-refractivity contribution in [3.63, 3.8) is 0 Å². The molecule has 7 nitrogen and oxygen atoms in total. The highest BCUT2D eigenvalue weighted by molar-refractivity contribution is 14.0. The number of rotatable bonds is 7. The van der Waals surface area contributed by atoms with Crippen molar-refractivity contribution < 1.29 is 14.2 Å². The summed E-state index contributed by atoms with van der Waals surface area (Å²) in [5, 5.41) is 5.23. The average molecular weight is 532 g/mol. The molecule has 0 bridgehead atoms. The number of benzene rings is 1. The molecule has 0 spiro atoms. The van der Waals surface area contributed by atoms with Crippen molar-refractivity contribution in [2.75, 3.05) is 45.8 Å². The maximum Gasteiger partial charge on any atom is 0.193 e. The Labute approximate surface area is 193 Å². The molecule has 1 saturated heterocycles. The highest BCUT2D eigenvalue weighted by Gasteiger charge is 2.26. The second-order valence-corrected chi connectivity index (χ2v) is 7.61. The van der Waals surface area contributed by atoms with E-state index in [1.807, 2.05) is 18.2 Å². The Morgan fingerprint density at radius 3 is 2.79 bits per heavy atom. The number of hydrogen-bond acceptors (Lipinski definition) is 6. The number of aliphatic imine (C=N–C) groups is 1. The molecular weight excluding hydrogens is 503 g/mol. The molecule has 9 heteroatoms. The summed E-state index contributed by atoms with van der Waals surface area (Å²) in [5.74, 6) is 1.68. The fourth-order valence-corrected chi connectivity index (χ4v) is 4.13. The molecule has 1 aliphatic heterocycles. The lowest BCUT2D eigenvalue weighted by molar-refractivity contribution is -0.0327. The Balaban J connectivity index is 0.00000300. The number of guanidine groups is 1. The van der Waals surface area contributed by atoms with E-state index in [9.17, 15) is 0 Å². The van der Waals surface area contributed by atoms with Crippen LogP contribution in [0.5, 0.6) is 11.5 Å². The van der Waals surface area contributed by atoms with E-state index in [-0.39, 0.29) is 36.1 Å². The normalized spacial score (nSPS) is 18.6. The van der Waals surface area contributed by atoms with Gasteiger partial charge in [0.2, 0.25) is 0 Å². The van der Waals surface area contributed by atoms with Crippen molar-refractivity contribution in [3.8, 4) is 11.5 Å². The van der Waals surface area contributed by atoms with Gasteiger partial charge in [-0.1, -0.05) is 6.07 Å². The van der Waals surface area contributed by atoms with Gasteiger partial charge in [0.05, 0.1) is 39.5 Å². The number of nitrogens with two attached hydrogens (primary N) is 1. The van der Waals surface area contributed by atoms with Crippen LogP contribution in [-0.4, -0.2) is 57.4 Å². The summed E-state index contributed by atoms with van der Waals surface area (Å²) in [6.07, 6.45) is 0.224. The van der Waals surface area contributed by atoms with Gasteiger partial charge in [0.25, 0.3) is 0 Å². The summed E-state index contributed by atoms with van der Waals surface area (Å²) in [6.45, 7) is 5.21. The van der Waals surface area contributed by atoms with Crippen LogP contribution in [0.25, 0.3) is 0 Å². The molecule has 1 fully saturated rings. The maximum absolute atomic E-state index is 6.15. The quantitative estimate of drug-likeness (QED) is 0.323. The van der Waals surface area contributed by atoms with Crippen LogP contribution in [-0.2, 0) is 4.74 Å². The lowest BCUT2D eigenvalue weighted by Crippen LogP contribution is -2.44. The summed E-state index contributed by atoms with van der Waals surface area (Å²) >= 11 is 1.75. The predicted octanol–water partition coefficient (Wildman–Crippen LogP) is 3.57. The molecule has 2 aromatic rings. The first-order valence-corrected chi connectivity index (χ1v) is 10.2. The Hall–Kier alpha value is -1.56. The topological polar surface area (TPSA) is 81.3 Å². The summed E-state index contributed by atoms with van der Waals surface area (Å²) in [4.78, 5) is 8.32. The molecule has 160 valence electrons. The Morgan fingerprint density at radius 2 is 2.14 bits per heavy atom. The fourth-order valence-electron chi connectivity index (χ4n) is 3.28. The van der Waals surface area contributed by atoms with Crippen molar-refractivity contribution in [1.82, 2.24) is 4.90 Å². The van der Waals surface area contributed by atoms with E-state index in [1.165, 1.54) is 4.88 Å². The van der Waals surface area contributed by atoms with Crippen molar-refractivity contribution in [2.24, 2.45) is 10.7 Å². The van der Waals surface area contributed by atoms with Crippen LogP contribution in [0.15, 0.2) is 40.7 Å². The minimum absolute atomic E-state index is 0. The fraction of sp³-hybridized carbons (Fsp3) is 0.450. The number of thiophene rings is 1. The molecule has 0 aliphatic carbocycles. The number of hydrogen-bond donors (Lipinski definition) is 2. The van der Waals surface area contributed by atoms with Crippen LogP contribution < -0.4 is 20.5 Å². The summed E-state index contributed by atoms with van der Waals surface area (Å²) in [5.41, 5.74) is 6.95. The summed E-state index contributed by atoms with van der Waals surface area (Å²) in [6, 6.07) is 9.97. The molecule has 0 saturated carbocycles. The van der Waals surface area contributed by atoms with Crippen LogP contribution in [0.3, 0.4) is 0 Å². The maximum atomic E-state index is 6.15. The SMILES string of the molecule is COc1ccc(NC(N)=NCC(c2cccs2)N2CCOC(C)C2)cc1OC.I. The first kappa shape index (κ1) is 23.7. The molecule has 0 amide bonds. The van der Waals surface area contributed by atoms with Gasteiger partial charge in [0.15, 0.2) is 17.5 Å². The molecule has 0 radical (unpaired) electrons. The van der Waals surface area contributed by atoms with E-state index in [0.29, 0.717) is 24.0 Å². The van der Waals surface area contributed by atoms with Crippen molar-refractivity contribution in [1.29, 1.82) is 0 Å². The first-order chi connectivity index (χ1) is 13.6. The van der Waals surface area contributed by atoms with Crippen LogP contribution in [0.1, 0.15) is 17.8 Å². The van der Waals surface area contributed by atoms with Gasteiger partial charge >= 0.3 is 0 Å². The number of methoxy groups -OCH3 is 2. The van der Waals surface area contributed by atoms with Crippen LogP contribution in [0, 0.1) is 0 Å². The lowest BCUT2D eigenvalue weighted by Gasteiger charge is -2.36. The van der Waals surface area contributed by atoms with Crippen LogP contribution in [0.2, 0.25) is 0 Å². The zero-order chi connectivity index (χ0) is 19.9. The molecule has 1 aliphatic rings. The zero-order valence-corrected chi connectivity index (χ0v) is 20.1. The molecule has 1 aromatic heterocycles. The van der Waals surface area contributed by atoms with Gasteiger partial charge in [0, 0.05) is 29.7 Å². The number of anilines is 1. The van der Waals surface area contributed by atoms with Crippen molar-refractivity contribution in [3.05, 3.63) is 40.6 Å². The van der Waals surface area contributed by atoms with Gasteiger partial charge in [-0.3, -0.25) is 9.89 Å². The molecular formula is C20H29IN4O3S. The first-order valence-electron chi connectivity index (χ1n) is 9.28. The number of halogens is 1. The van der Waals surface area contributed by atoms with Gasteiger partial charge in [-0.25, -0.2) is 0 Å². The van der Waals surface area contributed by atoms with Crippen molar-refractivity contribution in [2.45, 2.75) is 19.1 Å². The number of nitrogens with one attached hydrogen (secondary N) is 1. The molecule has 1 aromatic carbocycles. The average Bonchev–Trinajstić information content (AvgIpc) is 3.22. The number of morpholine rings is 1.